The number of anilines is 1. The van der Waals surface area contributed by atoms with Crippen LogP contribution in [-0.2, 0) is 21.4 Å². The summed E-state index contributed by atoms with van der Waals surface area (Å²) < 4.78 is 25.3. The highest BCUT2D eigenvalue weighted by atomic mass is 32.2. The Balaban J connectivity index is 2.19. The average Bonchev–Trinajstić information content (AvgIpc) is 2.59. The van der Waals surface area contributed by atoms with Gasteiger partial charge < -0.3 is 4.90 Å². The lowest BCUT2D eigenvalue weighted by Crippen LogP contribution is -2.41. The van der Waals surface area contributed by atoms with Crippen molar-refractivity contribution in [3.8, 4) is 6.07 Å². The van der Waals surface area contributed by atoms with Crippen LogP contribution in [0.15, 0.2) is 54.6 Å². The number of hydrogen-bond acceptors (Lipinski definition) is 4. The minimum atomic E-state index is -3.67. The fourth-order valence-electron chi connectivity index (χ4n) is 2.32. The number of amides is 1. The Hall–Kier alpha value is -2.85. The van der Waals surface area contributed by atoms with E-state index in [-0.39, 0.29) is 12.5 Å². The molecule has 0 fully saturated rings. The molecule has 0 heterocycles. The number of nitrogens with zero attached hydrogens (tertiary/aromatic N) is 3. The average molecular weight is 357 g/mol. The molecule has 130 valence electrons. The van der Waals surface area contributed by atoms with Crippen molar-refractivity contribution in [2.45, 2.75) is 6.54 Å². The first-order chi connectivity index (χ1) is 11.8. The quantitative estimate of drug-likeness (QED) is 0.792. The van der Waals surface area contributed by atoms with Crippen LogP contribution in [0.4, 0.5) is 5.69 Å². The molecule has 0 saturated heterocycles. The predicted octanol–water partition coefficient (Wildman–Crippen LogP) is 1.98. The molecule has 0 atom stereocenters. The molecule has 7 heteroatoms. The molecule has 1 amide bonds. The maximum atomic E-state index is 12.5. The SMILES string of the molecule is CN(Cc1ccccc1)C(=O)CN(c1cccc(C#N)c1)S(C)(=O)=O. The van der Waals surface area contributed by atoms with E-state index in [0.717, 1.165) is 16.1 Å². The highest BCUT2D eigenvalue weighted by molar-refractivity contribution is 7.92. The van der Waals surface area contributed by atoms with Gasteiger partial charge in [0.05, 0.1) is 23.6 Å². The molecule has 0 radical (unpaired) electrons. The fraction of sp³-hybridized carbons (Fsp3) is 0.222. The second-order valence-electron chi connectivity index (χ2n) is 5.67. The van der Waals surface area contributed by atoms with Crippen molar-refractivity contribution in [2.75, 3.05) is 24.2 Å². The van der Waals surface area contributed by atoms with E-state index < -0.39 is 10.0 Å². The molecule has 0 aliphatic rings. The number of sulfonamides is 1. The molecule has 0 aromatic heterocycles. The predicted molar refractivity (Wildman–Crippen MR) is 96.3 cm³/mol. The molecule has 0 bridgehead atoms. The van der Waals surface area contributed by atoms with Gasteiger partial charge in [0.15, 0.2) is 0 Å². The Morgan fingerprint density at radius 2 is 1.80 bits per heavy atom. The van der Waals surface area contributed by atoms with Crippen molar-refractivity contribution >= 4 is 21.6 Å². The molecule has 2 aromatic rings. The summed E-state index contributed by atoms with van der Waals surface area (Å²) in [5.41, 5.74) is 1.58. The summed E-state index contributed by atoms with van der Waals surface area (Å²) in [6.45, 7) is 0.0621. The Bertz CT molecular complexity index is 889. The van der Waals surface area contributed by atoms with Crippen molar-refractivity contribution in [3.05, 3.63) is 65.7 Å². The molecule has 0 saturated carbocycles. The summed E-state index contributed by atoms with van der Waals surface area (Å²) in [4.78, 5) is 14.0. The minimum Gasteiger partial charge on any atom is -0.340 e. The van der Waals surface area contributed by atoms with Crippen molar-refractivity contribution in [1.29, 1.82) is 5.26 Å². The smallest absolute Gasteiger partial charge is 0.243 e. The van der Waals surface area contributed by atoms with Crippen LogP contribution in [0.5, 0.6) is 0 Å². The number of nitriles is 1. The van der Waals surface area contributed by atoms with Gasteiger partial charge in [-0.25, -0.2) is 8.42 Å². The maximum absolute atomic E-state index is 12.5. The second kappa shape index (κ2) is 7.81. The van der Waals surface area contributed by atoms with Gasteiger partial charge in [-0.2, -0.15) is 5.26 Å². The lowest BCUT2D eigenvalue weighted by molar-refractivity contribution is -0.128. The van der Waals surface area contributed by atoms with Crippen LogP contribution < -0.4 is 4.31 Å². The first-order valence-electron chi connectivity index (χ1n) is 7.57. The zero-order valence-corrected chi connectivity index (χ0v) is 14.9. The zero-order chi connectivity index (χ0) is 18.4. The van der Waals surface area contributed by atoms with Gasteiger partial charge in [0, 0.05) is 13.6 Å². The standard InChI is InChI=1S/C18H19N3O3S/c1-20(13-15-7-4-3-5-8-15)18(22)14-21(25(2,23)24)17-10-6-9-16(11-17)12-19/h3-11H,13-14H2,1-2H3. The van der Waals surface area contributed by atoms with Crippen LogP contribution in [0.2, 0.25) is 0 Å². The lowest BCUT2D eigenvalue weighted by Gasteiger charge is -2.25. The van der Waals surface area contributed by atoms with Gasteiger partial charge in [-0.05, 0) is 23.8 Å². The molecular weight excluding hydrogens is 338 g/mol. The molecule has 0 unspecified atom stereocenters. The second-order valence-corrected chi connectivity index (χ2v) is 7.57. The van der Waals surface area contributed by atoms with E-state index >= 15 is 0 Å². The van der Waals surface area contributed by atoms with Crippen LogP contribution >= 0.6 is 0 Å². The first kappa shape index (κ1) is 18.5. The van der Waals surface area contributed by atoms with Gasteiger partial charge in [-0.1, -0.05) is 36.4 Å². The molecule has 0 aliphatic heterocycles. The summed E-state index contributed by atoms with van der Waals surface area (Å²) >= 11 is 0. The Labute approximate surface area is 148 Å². The van der Waals surface area contributed by atoms with Gasteiger partial charge in [-0.15, -0.1) is 0 Å². The van der Waals surface area contributed by atoms with Crippen LogP contribution in [-0.4, -0.2) is 39.1 Å². The number of likely N-dealkylation sites (N-methyl/N-ethyl adjacent to an activating group) is 1. The molecule has 2 rings (SSSR count). The maximum Gasteiger partial charge on any atom is 0.243 e. The minimum absolute atomic E-state index is 0.294. The van der Waals surface area contributed by atoms with Gasteiger partial charge in [-0.3, -0.25) is 9.10 Å². The summed E-state index contributed by atoms with van der Waals surface area (Å²) in [5.74, 6) is -0.336. The number of benzene rings is 2. The van der Waals surface area contributed by atoms with Crippen molar-refractivity contribution in [2.24, 2.45) is 0 Å². The first-order valence-corrected chi connectivity index (χ1v) is 9.42. The normalized spacial score (nSPS) is 10.8. The molecule has 2 aromatic carbocycles. The van der Waals surface area contributed by atoms with Crippen LogP contribution in [0.1, 0.15) is 11.1 Å². The van der Waals surface area contributed by atoms with E-state index in [9.17, 15) is 13.2 Å². The highest BCUT2D eigenvalue weighted by Gasteiger charge is 2.23. The summed E-state index contributed by atoms with van der Waals surface area (Å²) in [5, 5.41) is 8.99. The number of carbonyl (C=O) groups excluding carboxylic acids is 1. The number of carbonyl (C=O) groups is 1. The molecule has 6 nitrogen and oxygen atoms in total. The highest BCUT2D eigenvalue weighted by Crippen LogP contribution is 2.19. The van der Waals surface area contributed by atoms with Crippen molar-refractivity contribution in [3.63, 3.8) is 0 Å². The zero-order valence-electron chi connectivity index (χ0n) is 14.1. The van der Waals surface area contributed by atoms with E-state index in [2.05, 4.69) is 0 Å². The van der Waals surface area contributed by atoms with Gasteiger partial charge in [0.2, 0.25) is 15.9 Å². The van der Waals surface area contributed by atoms with Gasteiger partial charge in [0.1, 0.15) is 6.54 Å². The largest absolute Gasteiger partial charge is 0.340 e. The van der Waals surface area contributed by atoms with Crippen LogP contribution in [0.3, 0.4) is 0 Å². The summed E-state index contributed by atoms with van der Waals surface area (Å²) in [7, 11) is -2.04. The topological polar surface area (TPSA) is 81.5 Å². The number of hydrogen-bond donors (Lipinski definition) is 0. The number of rotatable bonds is 6. The third-order valence-corrected chi connectivity index (χ3v) is 4.77. The fourth-order valence-corrected chi connectivity index (χ4v) is 3.16. The van der Waals surface area contributed by atoms with Crippen LogP contribution in [0.25, 0.3) is 0 Å². The molecule has 0 spiro atoms. The van der Waals surface area contributed by atoms with Gasteiger partial charge in [0.25, 0.3) is 0 Å². The van der Waals surface area contributed by atoms with Crippen molar-refractivity contribution in [1.82, 2.24) is 4.90 Å². The molecule has 25 heavy (non-hydrogen) atoms. The Morgan fingerprint density at radius 1 is 1.12 bits per heavy atom. The van der Waals surface area contributed by atoms with Crippen LogP contribution in [0, 0.1) is 11.3 Å². The molecular formula is C18H19N3O3S. The molecule has 0 N–H and O–H groups in total. The van der Waals surface area contributed by atoms with E-state index in [0.29, 0.717) is 17.8 Å². The van der Waals surface area contributed by atoms with E-state index in [1.54, 1.807) is 25.2 Å². The third kappa shape index (κ3) is 5.06. The van der Waals surface area contributed by atoms with E-state index in [1.165, 1.54) is 11.0 Å². The monoisotopic (exact) mass is 357 g/mol. The van der Waals surface area contributed by atoms with Gasteiger partial charge >= 0.3 is 0 Å². The molecule has 0 aliphatic carbocycles. The van der Waals surface area contributed by atoms with E-state index in [1.807, 2.05) is 36.4 Å². The summed E-state index contributed by atoms with van der Waals surface area (Å²) in [6.07, 6.45) is 1.04. The van der Waals surface area contributed by atoms with E-state index in [4.69, 9.17) is 5.26 Å². The van der Waals surface area contributed by atoms with Crippen molar-refractivity contribution < 1.29 is 13.2 Å². The Morgan fingerprint density at radius 3 is 2.40 bits per heavy atom. The summed E-state index contributed by atoms with van der Waals surface area (Å²) in [6, 6.07) is 17.6. The Kier molecular flexibility index (Phi) is 5.78. The lowest BCUT2D eigenvalue weighted by atomic mass is 10.2. The third-order valence-electron chi connectivity index (χ3n) is 3.63.